The van der Waals surface area contributed by atoms with Crippen molar-refractivity contribution in [2.24, 2.45) is 5.92 Å². The van der Waals surface area contributed by atoms with E-state index in [1.165, 1.54) is 13.4 Å². The fourth-order valence-corrected chi connectivity index (χ4v) is 1.16. The number of carbonyl (C=O) groups is 1. The summed E-state index contributed by atoms with van der Waals surface area (Å²) in [7, 11) is 1.37. The third-order valence-electron chi connectivity index (χ3n) is 1.74. The van der Waals surface area contributed by atoms with Crippen molar-refractivity contribution in [2.75, 3.05) is 7.11 Å². The Balaban J connectivity index is 2.83. The molecule has 0 aliphatic rings. The molecule has 0 saturated carbocycles. The zero-order valence-corrected chi connectivity index (χ0v) is 8.16. The van der Waals surface area contributed by atoms with Crippen molar-refractivity contribution in [3.05, 3.63) is 23.7 Å². The molecule has 0 spiro atoms. The van der Waals surface area contributed by atoms with Gasteiger partial charge in [0.15, 0.2) is 0 Å². The van der Waals surface area contributed by atoms with E-state index in [0.29, 0.717) is 17.2 Å². The van der Waals surface area contributed by atoms with E-state index in [2.05, 4.69) is 18.6 Å². The van der Waals surface area contributed by atoms with Gasteiger partial charge >= 0.3 is 5.97 Å². The first kappa shape index (κ1) is 9.84. The average molecular weight is 182 g/mol. The van der Waals surface area contributed by atoms with E-state index >= 15 is 0 Å². The molecular weight excluding hydrogens is 168 g/mol. The van der Waals surface area contributed by atoms with E-state index in [0.717, 1.165) is 6.42 Å². The van der Waals surface area contributed by atoms with Crippen molar-refractivity contribution < 1.29 is 13.9 Å². The molecule has 3 heteroatoms. The van der Waals surface area contributed by atoms with Crippen LogP contribution in [-0.4, -0.2) is 13.1 Å². The minimum Gasteiger partial charge on any atom is -0.468 e. The van der Waals surface area contributed by atoms with Crippen molar-refractivity contribution in [3.8, 4) is 0 Å². The lowest BCUT2D eigenvalue weighted by Crippen LogP contribution is -2.04. The van der Waals surface area contributed by atoms with Crippen molar-refractivity contribution >= 4 is 5.97 Å². The second-order valence-electron chi connectivity index (χ2n) is 3.35. The molecule has 0 radical (unpaired) electrons. The van der Waals surface area contributed by atoms with Crippen LogP contribution in [0, 0.1) is 5.92 Å². The molecule has 0 bridgehead atoms. The second-order valence-corrected chi connectivity index (χ2v) is 3.35. The highest BCUT2D eigenvalue weighted by Crippen LogP contribution is 2.15. The molecule has 0 saturated heterocycles. The van der Waals surface area contributed by atoms with Gasteiger partial charge in [0.2, 0.25) is 0 Å². The quantitative estimate of drug-likeness (QED) is 0.673. The first-order valence-corrected chi connectivity index (χ1v) is 4.29. The van der Waals surface area contributed by atoms with Gasteiger partial charge in [-0.15, -0.1) is 0 Å². The van der Waals surface area contributed by atoms with Gasteiger partial charge in [0.25, 0.3) is 0 Å². The summed E-state index contributed by atoms with van der Waals surface area (Å²) in [6.07, 6.45) is 2.28. The lowest BCUT2D eigenvalue weighted by Gasteiger charge is -2.03. The maximum atomic E-state index is 11.2. The van der Waals surface area contributed by atoms with Gasteiger partial charge in [0.05, 0.1) is 13.4 Å². The highest BCUT2D eigenvalue weighted by Gasteiger charge is 2.15. The summed E-state index contributed by atoms with van der Waals surface area (Å²) in [4.78, 5) is 11.2. The van der Waals surface area contributed by atoms with Gasteiger partial charge in [-0.2, -0.15) is 0 Å². The maximum absolute atomic E-state index is 11.2. The SMILES string of the molecule is COC(=O)c1ccoc1CC(C)C. The van der Waals surface area contributed by atoms with Gasteiger partial charge in [-0.05, 0) is 12.0 Å². The smallest absolute Gasteiger partial charge is 0.341 e. The Morgan fingerprint density at radius 3 is 2.85 bits per heavy atom. The summed E-state index contributed by atoms with van der Waals surface area (Å²) in [5.74, 6) is 0.848. The maximum Gasteiger partial charge on any atom is 0.341 e. The van der Waals surface area contributed by atoms with Crippen LogP contribution in [0.1, 0.15) is 30.0 Å². The summed E-state index contributed by atoms with van der Waals surface area (Å²) < 4.78 is 9.82. The molecule has 1 heterocycles. The van der Waals surface area contributed by atoms with Crippen molar-refractivity contribution in [3.63, 3.8) is 0 Å². The van der Waals surface area contributed by atoms with Crippen LogP contribution in [0.15, 0.2) is 16.7 Å². The Morgan fingerprint density at radius 2 is 2.31 bits per heavy atom. The molecule has 0 aliphatic carbocycles. The predicted octanol–water partition coefficient (Wildman–Crippen LogP) is 2.26. The van der Waals surface area contributed by atoms with E-state index in [4.69, 9.17) is 4.42 Å². The predicted molar refractivity (Wildman–Crippen MR) is 48.6 cm³/mol. The van der Waals surface area contributed by atoms with Crippen LogP contribution >= 0.6 is 0 Å². The van der Waals surface area contributed by atoms with Gasteiger partial charge in [0, 0.05) is 6.42 Å². The van der Waals surface area contributed by atoms with Gasteiger partial charge in [-0.3, -0.25) is 0 Å². The van der Waals surface area contributed by atoms with Crippen LogP contribution in [0.25, 0.3) is 0 Å². The van der Waals surface area contributed by atoms with Gasteiger partial charge in [-0.25, -0.2) is 4.79 Å². The van der Waals surface area contributed by atoms with Crippen LogP contribution in [0.4, 0.5) is 0 Å². The fraction of sp³-hybridized carbons (Fsp3) is 0.500. The molecular formula is C10H14O3. The molecule has 0 atom stereocenters. The molecule has 0 aliphatic heterocycles. The van der Waals surface area contributed by atoms with E-state index in [1.54, 1.807) is 6.07 Å². The first-order chi connectivity index (χ1) is 6.15. The molecule has 0 amide bonds. The Bertz CT molecular complexity index is 286. The minimum atomic E-state index is -0.329. The first-order valence-electron chi connectivity index (χ1n) is 4.29. The van der Waals surface area contributed by atoms with Gasteiger partial charge in [-0.1, -0.05) is 13.8 Å². The number of esters is 1. The number of carbonyl (C=O) groups excluding carboxylic acids is 1. The molecule has 0 N–H and O–H groups in total. The van der Waals surface area contributed by atoms with E-state index in [9.17, 15) is 4.79 Å². The molecule has 0 unspecified atom stereocenters. The number of furan rings is 1. The number of rotatable bonds is 3. The van der Waals surface area contributed by atoms with Crippen LogP contribution in [0.5, 0.6) is 0 Å². The molecule has 3 nitrogen and oxygen atoms in total. The number of hydrogen-bond acceptors (Lipinski definition) is 3. The summed E-state index contributed by atoms with van der Waals surface area (Å²) in [5, 5.41) is 0. The van der Waals surface area contributed by atoms with Crippen LogP contribution in [-0.2, 0) is 11.2 Å². The summed E-state index contributed by atoms with van der Waals surface area (Å²) in [6, 6.07) is 1.64. The largest absolute Gasteiger partial charge is 0.468 e. The Hall–Kier alpha value is -1.25. The standard InChI is InChI=1S/C10H14O3/c1-7(2)6-9-8(4-5-13-9)10(11)12-3/h4-5,7H,6H2,1-3H3. The van der Waals surface area contributed by atoms with E-state index in [1.807, 2.05) is 0 Å². The third kappa shape index (κ3) is 2.34. The zero-order chi connectivity index (χ0) is 9.84. The minimum absolute atomic E-state index is 0.329. The molecule has 0 aromatic carbocycles. The van der Waals surface area contributed by atoms with Crippen LogP contribution in [0.3, 0.4) is 0 Å². The summed E-state index contributed by atoms with van der Waals surface area (Å²) >= 11 is 0. The van der Waals surface area contributed by atoms with Gasteiger partial charge < -0.3 is 9.15 Å². The Labute approximate surface area is 77.7 Å². The average Bonchev–Trinajstić information content (AvgIpc) is 2.50. The fourth-order valence-electron chi connectivity index (χ4n) is 1.16. The molecule has 1 aromatic rings. The van der Waals surface area contributed by atoms with E-state index < -0.39 is 0 Å². The lowest BCUT2D eigenvalue weighted by molar-refractivity contribution is 0.0598. The normalized spacial score (nSPS) is 10.5. The lowest BCUT2D eigenvalue weighted by atomic mass is 10.1. The van der Waals surface area contributed by atoms with Crippen LogP contribution < -0.4 is 0 Å². The van der Waals surface area contributed by atoms with Gasteiger partial charge in [0.1, 0.15) is 11.3 Å². The monoisotopic (exact) mass is 182 g/mol. The number of hydrogen-bond donors (Lipinski definition) is 0. The van der Waals surface area contributed by atoms with Crippen molar-refractivity contribution in [1.29, 1.82) is 0 Å². The highest BCUT2D eigenvalue weighted by atomic mass is 16.5. The van der Waals surface area contributed by atoms with Crippen molar-refractivity contribution in [2.45, 2.75) is 20.3 Å². The zero-order valence-electron chi connectivity index (χ0n) is 8.16. The highest BCUT2D eigenvalue weighted by molar-refractivity contribution is 5.90. The number of ether oxygens (including phenoxy) is 1. The summed E-state index contributed by atoms with van der Waals surface area (Å²) in [5.41, 5.74) is 0.538. The third-order valence-corrected chi connectivity index (χ3v) is 1.74. The molecule has 72 valence electrons. The number of methoxy groups -OCH3 is 1. The summed E-state index contributed by atoms with van der Waals surface area (Å²) in [6.45, 7) is 4.15. The second kappa shape index (κ2) is 4.12. The molecule has 1 rings (SSSR count). The van der Waals surface area contributed by atoms with E-state index in [-0.39, 0.29) is 5.97 Å². The molecule has 0 fully saturated rings. The topological polar surface area (TPSA) is 39.4 Å². The van der Waals surface area contributed by atoms with Crippen LogP contribution in [0.2, 0.25) is 0 Å². The Morgan fingerprint density at radius 1 is 1.62 bits per heavy atom. The molecule has 1 aromatic heterocycles. The molecule has 13 heavy (non-hydrogen) atoms. The Kier molecular flexibility index (Phi) is 3.12. The van der Waals surface area contributed by atoms with Crippen molar-refractivity contribution in [1.82, 2.24) is 0 Å².